The van der Waals surface area contributed by atoms with Crippen LogP contribution in [-0.4, -0.2) is 15.0 Å². The molecule has 3 nitrogen and oxygen atoms in total. The largest absolute Gasteiger partial charge is 0.240 e. The molecule has 0 aromatic heterocycles. The van der Waals surface area contributed by atoms with E-state index < -0.39 is 10.0 Å². The fraction of sp³-hybridized carbons (Fsp3) is 0.250. The lowest BCUT2D eigenvalue weighted by Gasteiger charge is -2.07. The highest BCUT2D eigenvalue weighted by atomic mass is 32.2. The summed E-state index contributed by atoms with van der Waals surface area (Å²) in [6.07, 6.45) is 2.01. The second-order valence-corrected chi connectivity index (χ2v) is 6.53. The third-order valence-electron chi connectivity index (χ3n) is 3.18. The fourth-order valence-electron chi connectivity index (χ4n) is 2.03. The van der Waals surface area contributed by atoms with Gasteiger partial charge < -0.3 is 0 Å². The van der Waals surface area contributed by atoms with Gasteiger partial charge in [-0.05, 0) is 43.0 Å². The lowest BCUT2D eigenvalue weighted by Crippen LogP contribution is -2.24. The highest BCUT2D eigenvalue weighted by Gasteiger charge is 2.11. The average molecular weight is 307 g/mol. The van der Waals surface area contributed by atoms with Crippen LogP contribution in [-0.2, 0) is 16.4 Å². The summed E-state index contributed by atoms with van der Waals surface area (Å²) in [6, 6.07) is 14.9. The molecule has 0 spiro atoms. The minimum atomic E-state index is -3.44. The SMILES string of the molecule is O=S(=O)(NCCCCc1ccccc1F)c1ccccc1. The van der Waals surface area contributed by atoms with Gasteiger partial charge in [-0.3, -0.25) is 0 Å². The molecule has 0 aliphatic rings. The van der Waals surface area contributed by atoms with Gasteiger partial charge in [0.15, 0.2) is 0 Å². The predicted molar refractivity (Wildman–Crippen MR) is 81.0 cm³/mol. The van der Waals surface area contributed by atoms with Crippen molar-refractivity contribution in [2.45, 2.75) is 24.2 Å². The summed E-state index contributed by atoms with van der Waals surface area (Å²) in [5.41, 5.74) is 0.670. The Bertz CT molecular complexity index is 672. The van der Waals surface area contributed by atoms with Crippen molar-refractivity contribution in [3.63, 3.8) is 0 Å². The Kier molecular flexibility index (Phi) is 5.47. The van der Waals surface area contributed by atoms with Crippen molar-refractivity contribution in [1.29, 1.82) is 0 Å². The number of aryl methyl sites for hydroxylation is 1. The molecule has 0 aliphatic heterocycles. The van der Waals surface area contributed by atoms with E-state index in [1.54, 1.807) is 48.5 Å². The van der Waals surface area contributed by atoms with Crippen LogP contribution in [0.2, 0.25) is 0 Å². The minimum Gasteiger partial charge on any atom is -0.211 e. The standard InChI is InChI=1S/C16H18FNO2S/c17-16-12-5-4-8-14(16)9-6-7-13-18-21(19,20)15-10-2-1-3-11-15/h1-5,8,10-12,18H,6-7,9,13H2. The molecule has 0 saturated heterocycles. The Balaban J connectivity index is 1.77. The highest BCUT2D eigenvalue weighted by Crippen LogP contribution is 2.10. The zero-order chi connectivity index (χ0) is 15.1. The number of halogens is 1. The summed E-state index contributed by atoms with van der Waals surface area (Å²) < 4.78 is 39.8. The van der Waals surface area contributed by atoms with Crippen LogP contribution in [0.15, 0.2) is 59.5 Å². The molecule has 2 aromatic carbocycles. The normalized spacial score (nSPS) is 11.5. The first-order valence-electron chi connectivity index (χ1n) is 6.88. The van der Waals surface area contributed by atoms with E-state index >= 15 is 0 Å². The van der Waals surface area contributed by atoms with Crippen molar-refractivity contribution in [2.24, 2.45) is 0 Å². The predicted octanol–water partition coefficient (Wildman–Crippen LogP) is 3.13. The second kappa shape index (κ2) is 7.33. The first-order valence-corrected chi connectivity index (χ1v) is 8.36. The summed E-state index contributed by atoms with van der Waals surface area (Å²) in [5.74, 6) is -0.206. The Labute approximate surface area is 124 Å². The van der Waals surface area contributed by atoms with Crippen LogP contribution >= 0.6 is 0 Å². The number of hydrogen-bond donors (Lipinski definition) is 1. The molecule has 0 atom stereocenters. The molecule has 0 amide bonds. The maximum absolute atomic E-state index is 13.4. The number of rotatable bonds is 7. The van der Waals surface area contributed by atoms with Gasteiger partial charge >= 0.3 is 0 Å². The molecule has 0 heterocycles. The lowest BCUT2D eigenvalue weighted by molar-refractivity contribution is 0.573. The van der Waals surface area contributed by atoms with E-state index in [9.17, 15) is 12.8 Å². The summed E-state index contributed by atoms with van der Waals surface area (Å²) in [5, 5.41) is 0. The summed E-state index contributed by atoms with van der Waals surface area (Å²) in [4.78, 5) is 0.263. The van der Waals surface area contributed by atoms with Crippen molar-refractivity contribution >= 4 is 10.0 Å². The van der Waals surface area contributed by atoms with Gasteiger partial charge in [0, 0.05) is 6.54 Å². The molecule has 0 radical (unpaired) electrons. The van der Waals surface area contributed by atoms with Gasteiger partial charge in [0.05, 0.1) is 4.90 Å². The van der Waals surface area contributed by atoms with Crippen LogP contribution in [0.3, 0.4) is 0 Å². The molecule has 21 heavy (non-hydrogen) atoms. The van der Waals surface area contributed by atoms with Crippen LogP contribution in [0.25, 0.3) is 0 Å². The highest BCUT2D eigenvalue weighted by molar-refractivity contribution is 7.89. The second-order valence-electron chi connectivity index (χ2n) is 4.76. The van der Waals surface area contributed by atoms with E-state index in [0.29, 0.717) is 24.9 Å². The average Bonchev–Trinajstić information content (AvgIpc) is 2.49. The van der Waals surface area contributed by atoms with E-state index in [1.807, 2.05) is 0 Å². The van der Waals surface area contributed by atoms with Crippen LogP contribution < -0.4 is 4.72 Å². The van der Waals surface area contributed by atoms with Crippen LogP contribution in [0, 0.1) is 5.82 Å². The number of hydrogen-bond acceptors (Lipinski definition) is 2. The van der Waals surface area contributed by atoms with Gasteiger partial charge in [0.2, 0.25) is 10.0 Å². The zero-order valence-electron chi connectivity index (χ0n) is 11.6. The Hall–Kier alpha value is -1.72. The summed E-state index contributed by atoms with van der Waals surface area (Å²) >= 11 is 0. The van der Waals surface area contributed by atoms with E-state index in [2.05, 4.69) is 4.72 Å². The number of unbranched alkanes of at least 4 members (excludes halogenated alkanes) is 1. The van der Waals surface area contributed by atoms with Gasteiger partial charge in [-0.15, -0.1) is 0 Å². The monoisotopic (exact) mass is 307 g/mol. The van der Waals surface area contributed by atoms with E-state index in [-0.39, 0.29) is 10.7 Å². The summed E-state index contributed by atoms with van der Waals surface area (Å²) in [7, 11) is -3.44. The topological polar surface area (TPSA) is 46.2 Å². The fourth-order valence-corrected chi connectivity index (χ4v) is 3.13. The molecular formula is C16H18FNO2S. The zero-order valence-corrected chi connectivity index (χ0v) is 12.4. The van der Waals surface area contributed by atoms with Crippen LogP contribution in [0.4, 0.5) is 4.39 Å². The number of benzene rings is 2. The third kappa shape index (κ3) is 4.65. The van der Waals surface area contributed by atoms with Crippen molar-refractivity contribution in [3.8, 4) is 0 Å². The third-order valence-corrected chi connectivity index (χ3v) is 4.65. The number of nitrogens with one attached hydrogen (secondary N) is 1. The molecule has 0 fully saturated rings. The minimum absolute atomic E-state index is 0.206. The van der Waals surface area contributed by atoms with Crippen LogP contribution in [0.1, 0.15) is 18.4 Å². The van der Waals surface area contributed by atoms with Crippen molar-refractivity contribution in [1.82, 2.24) is 4.72 Å². The van der Waals surface area contributed by atoms with Gasteiger partial charge in [-0.2, -0.15) is 0 Å². The van der Waals surface area contributed by atoms with Crippen LogP contribution in [0.5, 0.6) is 0 Å². The maximum Gasteiger partial charge on any atom is 0.240 e. The van der Waals surface area contributed by atoms with Gasteiger partial charge in [-0.25, -0.2) is 17.5 Å². The molecular weight excluding hydrogens is 289 g/mol. The van der Waals surface area contributed by atoms with Gasteiger partial charge in [0.25, 0.3) is 0 Å². The van der Waals surface area contributed by atoms with E-state index in [4.69, 9.17) is 0 Å². The van der Waals surface area contributed by atoms with Gasteiger partial charge in [-0.1, -0.05) is 36.4 Å². The first-order chi connectivity index (χ1) is 10.1. The Morgan fingerprint density at radius 1 is 0.905 bits per heavy atom. The lowest BCUT2D eigenvalue weighted by atomic mass is 10.1. The Morgan fingerprint density at radius 3 is 2.29 bits per heavy atom. The molecule has 0 bridgehead atoms. The van der Waals surface area contributed by atoms with Crippen molar-refractivity contribution in [3.05, 3.63) is 66.0 Å². The number of sulfonamides is 1. The molecule has 112 valence electrons. The smallest absolute Gasteiger partial charge is 0.211 e. The first kappa shape index (κ1) is 15.7. The molecule has 0 saturated carbocycles. The summed E-state index contributed by atoms with van der Waals surface area (Å²) in [6.45, 7) is 0.353. The molecule has 2 aromatic rings. The Morgan fingerprint density at radius 2 is 1.57 bits per heavy atom. The molecule has 2 rings (SSSR count). The van der Waals surface area contributed by atoms with Crippen molar-refractivity contribution < 1.29 is 12.8 Å². The van der Waals surface area contributed by atoms with Gasteiger partial charge in [0.1, 0.15) is 5.82 Å². The van der Waals surface area contributed by atoms with E-state index in [0.717, 1.165) is 6.42 Å². The molecule has 0 unspecified atom stereocenters. The van der Waals surface area contributed by atoms with E-state index in [1.165, 1.54) is 6.07 Å². The molecule has 5 heteroatoms. The quantitative estimate of drug-likeness (QED) is 0.799. The maximum atomic E-state index is 13.4. The van der Waals surface area contributed by atoms with Crippen molar-refractivity contribution in [2.75, 3.05) is 6.54 Å². The molecule has 0 aliphatic carbocycles. The molecule has 1 N–H and O–H groups in total.